The molecule has 0 saturated heterocycles. The molecule has 1 heterocycles. The SMILES string of the molecule is COC(=O)C[C@H]1Sc2ccccc2NC1=S. The van der Waals surface area contributed by atoms with Crippen LogP contribution in [0.5, 0.6) is 0 Å². The Labute approximate surface area is 104 Å². The third-order valence-electron chi connectivity index (χ3n) is 2.29. The molecule has 0 radical (unpaired) electrons. The van der Waals surface area contributed by atoms with Gasteiger partial charge in [0.1, 0.15) is 0 Å². The second-order valence-corrected chi connectivity index (χ2v) is 5.06. The number of anilines is 1. The number of methoxy groups -OCH3 is 1. The van der Waals surface area contributed by atoms with Crippen molar-refractivity contribution in [2.45, 2.75) is 16.6 Å². The molecule has 0 unspecified atom stereocenters. The van der Waals surface area contributed by atoms with E-state index in [2.05, 4.69) is 10.1 Å². The average molecular weight is 253 g/mol. The highest BCUT2D eigenvalue weighted by Crippen LogP contribution is 2.37. The Balaban J connectivity index is 2.15. The number of carbonyl (C=O) groups excluding carboxylic acids is 1. The minimum atomic E-state index is -0.235. The molecule has 3 nitrogen and oxygen atoms in total. The molecule has 2 rings (SSSR count). The van der Waals surface area contributed by atoms with Crippen LogP contribution in [0.25, 0.3) is 0 Å². The van der Waals surface area contributed by atoms with Crippen LogP contribution in [0.3, 0.4) is 0 Å². The molecule has 0 bridgehead atoms. The van der Waals surface area contributed by atoms with Crippen molar-refractivity contribution in [1.82, 2.24) is 0 Å². The molecule has 84 valence electrons. The Morgan fingerprint density at radius 3 is 3.06 bits per heavy atom. The summed E-state index contributed by atoms with van der Waals surface area (Å²) in [6.07, 6.45) is 0.307. The maximum Gasteiger partial charge on any atom is 0.307 e. The van der Waals surface area contributed by atoms with Crippen molar-refractivity contribution in [3.63, 3.8) is 0 Å². The Hall–Kier alpha value is -1.07. The first kappa shape index (κ1) is 11.4. The van der Waals surface area contributed by atoms with Gasteiger partial charge < -0.3 is 10.1 Å². The second-order valence-electron chi connectivity index (χ2n) is 3.37. The number of rotatable bonds is 2. The molecule has 0 fully saturated rings. The van der Waals surface area contributed by atoms with Crippen LogP contribution in [0, 0.1) is 0 Å². The minimum Gasteiger partial charge on any atom is -0.469 e. The molecule has 1 aromatic rings. The monoisotopic (exact) mass is 253 g/mol. The zero-order valence-corrected chi connectivity index (χ0v) is 10.4. The van der Waals surface area contributed by atoms with Gasteiger partial charge in [-0.1, -0.05) is 24.4 Å². The Bertz CT molecular complexity index is 434. The molecule has 1 aromatic carbocycles. The number of hydrogen-bond acceptors (Lipinski definition) is 4. The van der Waals surface area contributed by atoms with Crippen molar-refractivity contribution in [2.75, 3.05) is 12.4 Å². The molecule has 1 aliphatic rings. The van der Waals surface area contributed by atoms with E-state index in [1.165, 1.54) is 7.11 Å². The van der Waals surface area contributed by atoms with Gasteiger partial charge in [0.05, 0.1) is 29.5 Å². The molecular weight excluding hydrogens is 242 g/mol. The Morgan fingerprint density at radius 2 is 2.31 bits per heavy atom. The maximum atomic E-state index is 11.2. The molecule has 1 atom stereocenters. The molecule has 0 aromatic heterocycles. The predicted molar refractivity (Wildman–Crippen MR) is 68.9 cm³/mol. The Morgan fingerprint density at radius 1 is 1.56 bits per heavy atom. The van der Waals surface area contributed by atoms with Gasteiger partial charge in [-0.15, -0.1) is 11.8 Å². The number of thioether (sulfide) groups is 1. The van der Waals surface area contributed by atoms with Crippen LogP contribution in [0.4, 0.5) is 5.69 Å². The summed E-state index contributed by atoms with van der Waals surface area (Å²) in [5.74, 6) is -0.235. The van der Waals surface area contributed by atoms with Crippen LogP contribution < -0.4 is 5.32 Å². The molecule has 16 heavy (non-hydrogen) atoms. The van der Waals surface area contributed by atoms with Crippen LogP contribution in [0.15, 0.2) is 29.2 Å². The molecule has 5 heteroatoms. The number of esters is 1. The normalized spacial score (nSPS) is 18.6. The van der Waals surface area contributed by atoms with Crippen LogP contribution in [0.1, 0.15) is 6.42 Å². The Kier molecular flexibility index (Phi) is 3.46. The number of fused-ring (bicyclic) bond motifs is 1. The van der Waals surface area contributed by atoms with Gasteiger partial charge in [-0.25, -0.2) is 0 Å². The number of carbonyl (C=O) groups is 1. The van der Waals surface area contributed by atoms with Crippen molar-refractivity contribution >= 4 is 40.6 Å². The van der Waals surface area contributed by atoms with E-state index in [0.717, 1.165) is 10.6 Å². The number of benzene rings is 1. The fourth-order valence-electron chi connectivity index (χ4n) is 1.46. The topological polar surface area (TPSA) is 38.3 Å². The van der Waals surface area contributed by atoms with Crippen LogP contribution in [-0.2, 0) is 9.53 Å². The van der Waals surface area contributed by atoms with Gasteiger partial charge in [0.25, 0.3) is 0 Å². The van der Waals surface area contributed by atoms with Gasteiger partial charge in [-0.3, -0.25) is 4.79 Å². The molecule has 0 spiro atoms. The van der Waals surface area contributed by atoms with E-state index < -0.39 is 0 Å². The molecular formula is C11H11NO2S2. The van der Waals surface area contributed by atoms with Gasteiger partial charge in [0, 0.05) is 4.90 Å². The number of ether oxygens (including phenoxy) is 1. The highest BCUT2D eigenvalue weighted by molar-refractivity contribution is 8.02. The van der Waals surface area contributed by atoms with Gasteiger partial charge in [-0.05, 0) is 12.1 Å². The second kappa shape index (κ2) is 4.84. The van der Waals surface area contributed by atoms with E-state index in [0.29, 0.717) is 11.4 Å². The zero-order valence-electron chi connectivity index (χ0n) is 8.73. The molecule has 0 aliphatic carbocycles. The summed E-state index contributed by atoms with van der Waals surface area (Å²) in [5.41, 5.74) is 1.01. The minimum absolute atomic E-state index is 0.0302. The van der Waals surface area contributed by atoms with Crippen molar-refractivity contribution < 1.29 is 9.53 Å². The number of para-hydroxylation sites is 1. The van der Waals surface area contributed by atoms with E-state index in [-0.39, 0.29) is 11.2 Å². The average Bonchev–Trinajstić information content (AvgIpc) is 2.30. The standard InChI is InChI=1S/C11H11NO2S2/c1-14-10(13)6-9-11(15)12-7-4-2-3-5-8(7)16-9/h2-5,9H,6H2,1H3,(H,12,15)/t9-/m1/s1. The summed E-state index contributed by atoms with van der Waals surface area (Å²) in [6.45, 7) is 0. The summed E-state index contributed by atoms with van der Waals surface area (Å²) in [4.78, 5) is 13.0. The largest absolute Gasteiger partial charge is 0.469 e. The van der Waals surface area contributed by atoms with Crippen LogP contribution >= 0.6 is 24.0 Å². The highest BCUT2D eigenvalue weighted by atomic mass is 32.2. The van der Waals surface area contributed by atoms with E-state index in [1.807, 2.05) is 24.3 Å². The highest BCUT2D eigenvalue weighted by Gasteiger charge is 2.25. The smallest absolute Gasteiger partial charge is 0.307 e. The van der Waals surface area contributed by atoms with Gasteiger partial charge >= 0.3 is 5.97 Å². The summed E-state index contributed by atoms with van der Waals surface area (Å²) in [5, 5.41) is 3.11. The lowest BCUT2D eigenvalue weighted by atomic mass is 10.2. The molecule has 0 saturated carbocycles. The first-order valence-corrected chi connectivity index (χ1v) is 6.13. The van der Waals surface area contributed by atoms with Crippen molar-refractivity contribution in [3.05, 3.63) is 24.3 Å². The van der Waals surface area contributed by atoms with E-state index >= 15 is 0 Å². The van der Waals surface area contributed by atoms with E-state index in [1.54, 1.807) is 11.8 Å². The van der Waals surface area contributed by atoms with Gasteiger partial charge in [0.2, 0.25) is 0 Å². The van der Waals surface area contributed by atoms with Crippen molar-refractivity contribution in [2.24, 2.45) is 0 Å². The summed E-state index contributed by atoms with van der Waals surface area (Å²) in [7, 11) is 1.39. The lowest BCUT2D eigenvalue weighted by molar-refractivity contribution is -0.140. The number of thiocarbonyl (C=S) groups is 1. The number of hydrogen-bond donors (Lipinski definition) is 1. The van der Waals surface area contributed by atoms with Crippen molar-refractivity contribution in [1.29, 1.82) is 0 Å². The maximum absolute atomic E-state index is 11.2. The van der Waals surface area contributed by atoms with Crippen molar-refractivity contribution in [3.8, 4) is 0 Å². The van der Waals surface area contributed by atoms with Gasteiger partial charge in [-0.2, -0.15) is 0 Å². The third kappa shape index (κ3) is 2.36. The number of nitrogens with one attached hydrogen (secondary N) is 1. The quantitative estimate of drug-likeness (QED) is 0.647. The lowest BCUT2D eigenvalue weighted by Crippen LogP contribution is -2.29. The fourth-order valence-corrected chi connectivity index (χ4v) is 2.89. The van der Waals surface area contributed by atoms with E-state index in [4.69, 9.17) is 12.2 Å². The summed E-state index contributed by atoms with van der Waals surface area (Å²) in [6, 6.07) is 7.91. The molecule has 1 aliphatic heterocycles. The van der Waals surface area contributed by atoms with E-state index in [9.17, 15) is 4.79 Å². The van der Waals surface area contributed by atoms with Crippen LogP contribution in [-0.4, -0.2) is 23.3 Å². The zero-order chi connectivity index (χ0) is 11.5. The summed E-state index contributed by atoms with van der Waals surface area (Å²) < 4.78 is 4.65. The lowest BCUT2D eigenvalue weighted by Gasteiger charge is -2.25. The third-order valence-corrected chi connectivity index (χ3v) is 4.12. The predicted octanol–water partition coefficient (Wildman–Crippen LogP) is 2.46. The molecule has 0 amide bonds. The molecule has 1 N–H and O–H groups in total. The van der Waals surface area contributed by atoms with Gasteiger partial charge in [0.15, 0.2) is 0 Å². The van der Waals surface area contributed by atoms with Crippen LogP contribution in [0.2, 0.25) is 0 Å². The first-order valence-electron chi connectivity index (χ1n) is 4.84. The fraction of sp³-hybridized carbons (Fsp3) is 0.273. The first-order chi connectivity index (χ1) is 7.70. The summed E-state index contributed by atoms with van der Waals surface area (Å²) >= 11 is 6.83.